The first-order chi connectivity index (χ1) is 15.9. The smallest absolute Gasteiger partial charge is 0.335 e. The Morgan fingerprint density at radius 1 is 1.09 bits per heavy atom. The topological polar surface area (TPSA) is 113 Å². The number of carboxylic acids is 1. The second-order valence-corrected chi connectivity index (χ2v) is 10.4. The molecule has 3 rings (SSSR count). The van der Waals surface area contributed by atoms with E-state index in [1.54, 1.807) is 4.90 Å². The lowest BCUT2D eigenvalue weighted by Gasteiger charge is -2.52. The van der Waals surface area contributed by atoms with E-state index in [0.29, 0.717) is 24.5 Å². The number of rotatable bonds is 6. The average molecular weight is 486 g/mol. The molecule has 2 atom stereocenters. The Balaban J connectivity index is 1.78. The summed E-state index contributed by atoms with van der Waals surface area (Å²) in [5.41, 5.74) is 7.01. The Morgan fingerprint density at radius 2 is 1.71 bits per heavy atom. The molecule has 1 heterocycles. The van der Waals surface area contributed by atoms with Gasteiger partial charge in [-0.05, 0) is 48.2 Å². The molecular formula is C26H32ClN3O4. The number of nitrogens with one attached hydrogen (secondary N) is 1. The second-order valence-electron chi connectivity index (χ2n) is 9.95. The van der Waals surface area contributed by atoms with E-state index in [1.165, 1.54) is 24.3 Å². The van der Waals surface area contributed by atoms with Gasteiger partial charge < -0.3 is 21.1 Å². The predicted octanol–water partition coefficient (Wildman–Crippen LogP) is 3.91. The van der Waals surface area contributed by atoms with E-state index >= 15 is 0 Å². The van der Waals surface area contributed by atoms with Crippen molar-refractivity contribution in [3.8, 4) is 0 Å². The first kappa shape index (κ1) is 25.7. The van der Waals surface area contributed by atoms with Crippen LogP contribution in [-0.2, 0) is 10.3 Å². The number of nitrogens with two attached hydrogens (primary N) is 1. The Kier molecular flexibility index (Phi) is 7.38. The normalized spacial score (nSPS) is 20.6. The summed E-state index contributed by atoms with van der Waals surface area (Å²) < 4.78 is 0. The molecule has 182 valence electrons. The zero-order chi connectivity index (χ0) is 25.3. The first-order valence-electron chi connectivity index (χ1n) is 11.3. The van der Waals surface area contributed by atoms with Gasteiger partial charge in [0, 0.05) is 34.6 Å². The third kappa shape index (κ3) is 5.10. The van der Waals surface area contributed by atoms with E-state index in [1.807, 2.05) is 52.0 Å². The van der Waals surface area contributed by atoms with Crippen molar-refractivity contribution < 1.29 is 19.5 Å². The molecule has 1 aliphatic rings. The first-order valence-corrected chi connectivity index (χ1v) is 11.7. The van der Waals surface area contributed by atoms with E-state index in [-0.39, 0.29) is 23.0 Å². The Morgan fingerprint density at radius 3 is 2.26 bits per heavy atom. The molecule has 0 radical (unpaired) electrons. The molecule has 1 aliphatic heterocycles. The van der Waals surface area contributed by atoms with Gasteiger partial charge in [0.1, 0.15) is 6.04 Å². The number of carbonyl (C=O) groups excluding carboxylic acids is 2. The third-order valence-corrected chi connectivity index (χ3v) is 7.08. The highest BCUT2D eigenvalue weighted by atomic mass is 35.5. The van der Waals surface area contributed by atoms with E-state index in [2.05, 4.69) is 5.32 Å². The van der Waals surface area contributed by atoms with Gasteiger partial charge in [-0.2, -0.15) is 0 Å². The number of piperidine rings is 1. The van der Waals surface area contributed by atoms with Crippen LogP contribution in [0.3, 0.4) is 0 Å². The summed E-state index contributed by atoms with van der Waals surface area (Å²) in [5.74, 6) is -1.94. The molecule has 1 unspecified atom stereocenters. The lowest BCUT2D eigenvalue weighted by Crippen LogP contribution is -2.63. The maximum absolute atomic E-state index is 13.5. The highest BCUT2D eigenvalue weighted by Crippen LogP contribution is 2.44. The lowest BCUT2D eigenvalue weighted by atomic mass is 9.64. The lowest BCUT2D eigenvalue weighted by molar-refractivity contribution is -0.139. The van der Waals surface area contributed by atoms with Gasteiger partial charge in [-0.1, -0.05) is 57.5 Å². The summed E-state index contributed by atoms with van der Waals surface area (Å²) in [5, 5.41) is 12.7. The van der Waals surface area contributed by atoms with Gasteiger partial charge in [-0.15, -0.1) is 0 Å². The number of hydrogen-bond donors (Lipinski definition) is 3. The number of aromatic carboxylic acids is 1. The van der Waals surface area contributed by atoms with Crippen molar-refractivity contribution in [2.45, 2.75) is 45.7 Å². The van der Waals surface area contributed by atoms with E-state index < -0.39 is 28.9 Å². The minimum Gasteiger partial charge on any atom is -0.478 e. The van der Waals surface area contributed by atoms with Crippen LogP contribution in [0.4, 0.5) is 0 Å². The minimum absolute atomic E-state index is 0.0133. The monoisotopic (exact) mass is 485 g/mol. The van der Waals surface area contributed by atoms with Gasteiger partial charge in [0.05, 0.1) is 5.56 Å². The van der Waals surface area contributed by atoms with E-state index in [9.17, 15) is 19.5 Å². The highest BCUT2D eigenvalue weighted by molar-refractivity contribution is 6.30. The molecule has 7 nitrogen and oxygen atoms in total. The Hall–Kier alpha value is -2.90. The predicted molar refractivity (Wildman–Crippen MR) is 132 cm³/mol. The van der Waals surface area contributed by atoms with Crippen LogP contribution < -0.4 is 11.1 Å². The summed E-state index contributed by atoms with van der Waals surface area (Å²) in [4.78, 5) is 39.4. The number of carbonyl (C=O) groups is 3. The van der Waals surface area contributed by atoms with Crippen molar-refractivity contribution in [1.82, 2.24) is 10.2 Å². The molecule has 0 saturated carbocycles. The van der Waals surface area contributed by atoms with Gasteiger partial charge in [0.25, 0.3) is 5.91 Å². The fourth-order valence-corrected chi connectivity index (χ4v) is 4.67. The van der Waals surface area contributed by atoms with Crippen molar-refractivity contribution in [2.24, 2.45) is 17.1 Å². The summed E-state index contributed by atoms with van der Waals surface area (Å²) >= 11 is 6.05. The van der Waals surface area contributed by atoms with Crippen molar-refractivity contribution in [2.75, 3.05) is 13.1 Å². The zero-order valence-electron chi connectivity index (χ0n) is 20.0. The second kappa shape index (κ2) is 9.76. The molecule has 2 amide bonds. The molecule has 0 aliphatic carbocycles. The van der Waals surface area contributed by atoms with Gasteiger partial charge in [-0.3, -0.25) is 9.59 Å². The number of nitrogens with zero attached hydrogens (tertiary/aromatic N) is 1. The van der Waals surface area contributed by atoms with Gasteiger partial charge in [0.2, 0.25) is 5.91 Å². The van der Waals surface area contributed by atoms with Crippen molar-refractivity contribution in [3.63, 3.8) is 0 Å². The van der Waals surface area contributed by atoms with Crippen LogP contribution in [0.5, 0.6) is 0 Å². The minimum atomic E-state index is -1.12. The molecule has 8 heteroatoms. The molecule has 0 spiro atoms. The average Bonchev–Trinajstić information content (AvgIpc) is 2.78. The van der Waals surface area contributed by atoms with Crippen molar-refractivity contribution in [3.05, 3.63) is 70.2 Å². The SMILES string of the molecule is CC(C)[C@@H](NC(=O)c1cccc(C(=O)O)c1)C(=O)N1CCC(N)(c2ccc(Cl)cc2)C(C)(C)C1. The third-order valence-electron chi connectivity index (χ3n) is 6.83. The molecule has 0 aromatic heterocycles. The van der Waals surface area contributed by atoms with Crippen LogP contribution in [0.1, 0.15) is 60.4 Å². The van der Waals surface area contributed by atoms with Crippen LogP contribution >= 0.6 is 11.6 Å². The fourth-order valence-electron chi connectivity index (χ4n) is 4.55. The number of likely N-dealkylation sites (tertiary alicyclic amines) is 1. The Bertz CT molecular complexity index is 1080. The summed E-state index contributed by atoms with van der Waals surface area (Å²) in [6.45, 7) is 8.70. The number of hydrogen-bond acceptors (Lipinski definition) is 4. The zero-order valence-corrected chi connectivity index (χ0v) is 20.7. The molecule has 1 saturated heterocycles. The van der Waals surface area contributed by atoms with Crippen LogP contribution in [0.15, 0.2) is 48.5 Å². The largest absolute Gasteiger partial charge is 0.478 e. The number of carboxylic acid groups (broad SMARTS) is 1. The summed E-state index contributed by atoms with van der Waals surface area (Å²) in [7, 11) is 0. The van der Waals surface area contributed by atoms with Gasteiger partial charge >= 0.3 is 5.97 Å². The number of halogens is 1. The maximum Gasteiger partial charge on any atom is 0.335 e. The quantitative estimate of drug-likeness (QED) is 0.574. The highest BCUT2D eigenvalue weighted by Gasteiger charge is 2.49. The molecule has 0 bridgehead atoms. The van der Waals surface area contributed by atoms with E-state index in [0.717, 1.165) is 5.56 Å². The standard InChI is InChI=1S/C26H32ClN3O4/c1-16(2)21(29-22(31)17-6-5-7-18(14-17)24(33)34)23(32)30-13-12-26(28,25(3,4)15-30)19-8-10-20(27)11-9-19/h5-11,14,16,21H,12-13,15,28H2,1-4H3,(H,29,31)(H,33,34)/t21-,26?/m1/s1. The van der Waals surface area contributed by atoms with Crippen LogP contribution in [0.2, 0.25) is 5.02 Å². The molecular weight excluding hydrogens is 454 g/mol. The molecule has 34 heavy (non-hydrogen) atoms. The van der Waals surface area contributed by atoms with Crippen LogP contribution in [0.25, 0.3) is 0 Å². The van der Waals surface area contributed by atoms with E-state index in [4.69, 9.17) is 17.3 Å². The number of benzene rings is 2. The molecule has 4 N–H and O–H groups in total. The van der Waals surface area contributed by atoms with Crippen molar-refractivity contribution in [1.29, 1.82) is 0 Å². The summed E-state index contributed by atoms with van der Waals surface area (Å²) in [6, 6.07) is 12.5. The van der Waals surface area contributed by atoms with Gasteiger partial charge in [0.15, 0.2) is 0 Å². The molecule has 1 fully saturated rings. The van der Waals surface area contributed by atoms with Crippen molar-refractivity contribution >= 4 is 29.4 Å². The van der Waals surface area contributed by atoms with Gasteiger partial charge in [-0.25, -0.2) is 4.79 Å². The molecule has 2 aromatic rings. The summed E-state index contributed by atoms with van der Waals surface area (Å²) in [6.07, 6.45) is 0.562. The molecule has 2 aromatic carbocycles. The maximum atomic E-state index is 13.5. The fraction of sp³-hybridized carbons (Fsp3) is 0.423. The number of amides is 2. The van der Waals surface area contributed by atoms with Crippen LogP contribution in [-0.4, -0.2) is 46.9 Å². The van der Waals surface area contributed by atoms with Crippen LogP contribution in [0, 0.1) is 11.3 Å². The Labute approximate surface area is 205 Å².